The van der Waals surface area contributed by atoms with Crippen LogP contribution in [0.2, 0.25) is 0 Å². The molecule has 0 atom stereocenters. The smallest absolute Gasteiger partial charge is 0.130 e. The maximum atomic E-state index is 11.2. The fraction of sp³-hybridized carbons (Fsp3) is 0.500. The number of ether oxygens (including phenoxy) is 1. The minimum absolute atomic E-state index is 0.0253. The fourth-order valence-electron chi connectivity index (χ4n) is 1.75. The number of Topliss-reactive ketones (excluding diaryl/α,β-unsaturated/α-hetero) is 1. The molecule has 1 aliphatic heterocycles. The van der Waals surface area contributed by atoms with E-state index in [9.17, 15) is 4.79 Å². The summed E-state index contributed by atoms with van der Waals surface area (Å²) in [6.45, 7) is 3.00. The number of hydrogen-bond donors (Lipinski definition) is 0. The number of carbonyl (C=O) groups excluding carboxylic acids is 1. The first-order valence-electron chi connectivity index (χ1n) is 4.44. The summed E-state index contributed by atoms with van der Waals surface area (Å²) >= 11 is 5.12. The van der Waals surface area contributed by atoms with Crippen LogP contribution in [0.25, 0.3) is 0 Å². The molecule has 1 aromatic rings. The van der Waals surface area contributed by atoms with Gasteiger partial charge in [0.25, 0.3) is 0 Å². The third-order valence-corrected chi connectivity index (χ3v) is 4.37. The van der Waals surface area contributed by atoms with Crippen LogP contribution in [0.1, 0.15) is 18.2 Å². The van der Waals surface area contributed by atoms with E-state index < -0.39 is 0 Å². The molecule has 1 saturated heterocycles. The Labute approximate surface area is 95.4 Å². The van der Waals surface area contributed by atoms with E-state index in [4.69, 9.17) is 4.74 Å². The van der Waals surface area contributed by atoms with Crippen LogP contribution in [0.3, 0.4) is 0 Å². The largest absolute Gasteiger partial charge is 0.379 e. The second-order valence-electron chi connectivity index (χ2n) is 3.78. The van der Waals surface area contributed by atoms with Crippen molar-refractivity contribution in [1.29, 1.82) is 0 Å². The zero-order valence-electron chi connectivity index (χ0n) is 7.88. The maximum absolute atomic E-state index is 11.2. The number of halogens is 1. The second kappa shape index (κ2) is 3.76. The summed E-state index contributed by atoms with van der Waals surface area (Å²) in [7, 11) is 0. The predicted octanol–water partition coefficient (Wildman–Crippen LogP) is 2.76. The van der Waals surface area contributed by atoms with Gasteiger partial charge in [-0.15, -0.1) is 11.3 Å². The number of ketones is 1. The van der Waals surface area contributed by atoms with Crippen molar-refractivity contribution in [2.75, 3.05) is 13.2 Å². The first-order chi connectivity index (χ1) is 6.62. The second-order valence-corrected chi connectivity index (χ2v) is 5.61. The van der Waals surface area contributed by atoms with Crippen LogP contribution in [0.5, 0.6) is 0 Å². The maximum Gasteiger partial charge on any atom is 0.130 e. The lowest BCUT2D eigenvalue weighted by Crippen LogP contribution is -2.47. The van der Waals surface area contributed by atoms with Crippen LogP contribution in [0.15, 0.2) is 15.9 Å². The van der Waals surface area contributed by atoms with Gasteiger partial charge in [-0.3, -0.25) is 4.79 Å². The monoisotopic (exact) mass is 274 g/mol. The Kier molecular flexibility index (Phi) is 2.77. The average Bonchev–Trinajstić information content (AvgIpc) is 2.44. The topological polar surface area (TPSA) is 26.3 Å². The minimum atomic E-state index is -0.0253. The lowest BCUT2D eigenvalue weighted by atomic mass is 9.80. The summed E-state index contributed by atoms with van der Waals surface area (Å²) in [6, 6.07) is 2.09. The molecule has 0 aromatic carbocycles. The molecule has 2 heterocycles. The van der Waals surface area contributed by atoms with Crippen LogP contribution >= 0.6 is 27.3 Å². The highest BCUT2D eigenvalue weighted by Crippen LogP contribution is 2.40. The van der Waals surface area contributed by atoms with E-state index in [1.54, 1.807) is 18.3 Å². The lowest BCUT2D eigenvalue weighted by Gasteiger charge is -2.40. The molecule has 0 unspecified atom stereocenters. The molecular weight excluding hydrogens is 264 g/mol. The van der Waals surface area contributed by atoms with Gasteiger partial charge in [-0.05, 0) is 28.9 Å². The summed E-state index contributed by atoms with van der Waals surface area (Å²) in [6.07, 6.45) is 0.597. The van der Waals surface area contributed by atoms with Gasteiger partial charge in [0, 0.05) is 21.2 Å². The Hall–Kier alpha value is -0.190. The van der Waals surface area contributed by atoms with E-state index in [0.717, 1.165) is 4.47 Å². The van der Waals surface area contributed by atoms with E-state index in [2.05, 4.69) is 27.4 Å². The third-order valence-electron chi connectivity index (χ3n) is 2.43. The number of thiophene rings is 1. The molecule has 0 amide bonds. The van der Waals surface area contributed by atoms with Crippen LogP contribution in [0.4, 0.5) is 0 Å². The van der Waals surface area contributed by atoms with Crippen molar-refractivity contribution in [2.45, 2.75) is 18.8 Å². The standard InChI is InChI=1S/C10H11BrO2S/c1-7(12)3-10(5-13-6-10)9-2-8(11)4-14-9/h2,4H,3,5-6H2,1H3. The molecule has 1 aliphatic rings. The van der Waals surface area contributed by atoms with Gasteiger partial charge in [0.2, 0.25) is 0 Å². The molecule has 0 N–H and O–H groups in total. The first-order valence-corrected chi connectivity index (χ1v) is 6.11. The van der Waals surface area contributed by atoms with E-state index in [1.807, 2.05) is 0 Å². The number of rotatable bonds is 3. The van der Waals surface area contributed by atoms with Gasteiger partial charge in [-0.1, -0.05) is 0 Å². The summed E-state index contributed by atoms with van der Waals surface area (Å²) < 4.78 is 6.33. The Balaban J connectivity index is 2.24. The third kappa shape index (κ3) is 1.78. The van der Waals surface area contributed by atoms with Gasteiger partial charge in [0.15, 0.2) is 0 Å². The van der Waals surface area contributed by atoms with Crippen molar-refractivity contribution in [3.8, 4) is 0 Å². The van der Waals surface area contributed by atoms with Crippen LogP contribution < -0.4 is 0 Å². The van der Waals surface area contributed by atoms with Gasteiger partial charge in [0.1, 0.15) is 5.78 Å². The lowest BCUT2D eigenvalue weighted by molar-refractivity contribution is -0.125. The van der Waals surface area contributed by atoms with Crippen LogP contribution in [-0.2, 0) is 14.9 Å². The zero-order valence-corrected chi connectivity index (χ0v) is 10.3. The molecule has 1 aromatic heterocycles. The normalized spacial score (nSPS) is 19.0. The fourth-order valence-corrected chi connectivity index (χ4v) is 3.35. The van der Waals surface area contributed by atoms with Crippen molar-refractivity contribution in [3.05, 3.63) is 20.8 Å². The molecule has 2 rings (SSSR count). The summed E-state index contributed by atoms with van der Waals surface area (Å²) in [5.41, 5.74) is -0.0253. The Morgan fingerprint density at radius 2 is 2.43 bits per heavy atom. The quantitative estimate of drug-likeness (QED) is 0.847. The first kappa shape index (κ1) is 10.3. The Morgan fingerprint density at radius 1 is 1.71 bits per heavy atom. The van der Waals surface area contributed by atoms with Crippen molar-refractivity contribution in [3.63, 3.8) is 0 Å². The molecule has 0 aliphatic carbocycles. The molecule has 76 valence electrons. The van der Waals surface area contributed by atoms with Gasteiger partial charge in [-0.2, -0.15) is 0 Å². The highest BCUT2D eigenvalue weighted by molar-refractivity contribution is 9.10. The highest BCUT2D eigenvalue weighted by Gasteiger charge is 2.42. The van der Waals surface area contributed by atoms with Crippen molar-refractivity contribution < 1.29 is 9.53 Å². The van der Waals surface area contributed by atoms with Crippen molar-refractivity contribution in [1.82, 2.24) is 0 Å². The van der Waals surface area contributed by atoms with E-state index in [-0.39, 0.29) is 11.2 Å². The molecule has 0 saturated carbocycles. The molecular formula is C10H11BrO2S. The van der Waals surface area contributed by atoms with Gasteiger partial charge in [-0.25, -0.2) is 0 Å². The van der Waals surface area contributed by atoms with Gasteiger partial charge >= 0.3 is 0 Å². The minimum Gasteiger partial charge on any atom is -0.379 e. The predicted molar refractivity (Wildman–Crippen MR) is 59.8 cm³/mol. The van der Waals surface area contributed by atoms with Gasteiger partial charge < -0.3 is 4.74 Å². The summed E-state index contributed by atoms with van der Waals surface area (Å²) in [5, 5.41) is 2.05. The van der Waals surface area contributed by atoms with Crippen LogP contribution in [0, 0.1) is 0 Å². The van der Waals surface area contributed by atoms with E-state index >= 15 is 0 Å². The number of carbonyl (C=O) groups is 1. The Morgan fingerprint density at radius 3 is 2.79 bits per heavy atom. The molecule has 0 bridgehead atoms. The van der Waals surface area contributed by atoms with E-state index in [1.165, 1.54) is 4.88 Å². The van der Waals surface area contributed by atoms with Crippen molar-refractivity contribution >= 4 is 33.0 Å². The zero-order chi connectivity index (χ0) is 10.2. The van der Waals surface area contributed by atoms with E-state index in [0.29, 0.717) is 19.6 Å². The van der Waals surface area contributed by atoms with Gasteiger partial charge in [0.05, 0.1) is 18.6 Å². The van der Waals surface area contributed by atoms with Crippen molar-refractivity contribution in [2.24, 2.45) is 0 Å². The molecule has 14 heavy (non-hydrogen) atoms. The highest BCUT2D eigenvalue weighted by atomic mass is 79.9. The molecule has 1 fully saturated rings. The van der Waals surface area contributed by atoms with Crippen LogP contribution in [-0.4, -0.2) is 19.0 Å². The summed E-state index contributed by atoms with van der Waals surface area (Å²) in [4.78, 5) is 12.4. The average molecular weight is 275 g/mol. The molecule has 0 spiro atoms. The molecule has 2 nitrogen and oxygen atoms in total. The summed E-state index contributed by atoms with van der Waals surface area (Å²) in [5.74, 6) is 0.234. The molecule has 0 radical (unpaired) electrons. The number of hydrogen-bond acceptors (Lipinski definition) is 3. The SMILES string of the molecule is CC(=O)CC1(c2cc(Br)cs2)COC1. The molecule has 4 heteroatoms. The Bertz CT molecular complexity index is 355.